The molecule has 1 aliphatic heterocycles. The molecule has 1 unspecified atom stereocenters. The van der Waals surface area contributed by atoms with Gasteiger partial charge >= 0.3 is 0 Å². The van der Waals surface area contributed by atoms with Crippen molar-refractivity contribution in [2.45, 2.75) is 32.0 Å². The van der Waals surface area contributed by atoms with E-state index in [-0.39, 0.29) is 0 Å². The van der Waals surface area contributed by atoms with E-state index in [1.54, 1.807) is 7.11 Å². The number of rotatable bonds is 1. The van der Waals surface area contributed by atoms with Crippen molar-refractivity contribution in [2.75, 3.05) is 13.7 Å². The molecule has 2 heteroatoms. The van der Waals surface area contributed by atoms with Crippen LogP contribution in [0, 0.1) is 0 Å². The molecule has 54 valence electrons. The lowest BCUT2D eigenvalue weighted by Crippen LogP contribution is -2.32. The molecule has 0 aliphatic carbocycles. The first-order valence-electron chi connectivity index (χ1n) is 3.49. The molecule has 1 rings (SSSR count). The molecule has 1 heterocycles. The second kappa shape index (κ2) is 3.18. The van der Waals surface area contributed by atoms with Gasteiger partial charge in [0.15, 0.2) is 0 Å². The molecule has 0 radical (unpaired) electrons. The molecule has 0 N–H and O–H groups in total. The average Bonchev–Trinajstić information content (AvgIpc) is 1.89. The fraction of sp³-hybridized carbons (Fsp3) is 1.00. The number of hydrogen-bond donors (Lipinski definition) is 0. The van der Waals surface area contributed by atoms with Crippen molar-refractivity contribution >= 4 is 0 Å². The van der Waals surface area contributed by atoms with Gasteiger partial charge in [0.2, 0.25) is 0 Å². The van der Waals surface area contributed by atoms with Crippen molar-refractivity contribution in [1.29, 1.82) is 0 Å². The Kier molecular flexibility index (Phi) is 2.49. The van der Waals surface area contributed by atoms with Gasteiger partial charge in [-0.2, -0.15) is 0 Å². The van der Waals surface area contributed by atoms with Crippen LogP contribution in [-0.4, -0.2) is 25.9 Å². The minimum absolute atomic E-state index is 0.295. The van der Waals surface area contributed by atoms with Gasteiger partial charge in [-0.1, -0.05) is 0 Å². The van der Waals surface area contributed by atoms with Crippen LogP contribution in [0.4, 0.5) is 0 Å². The first-order valence-corrected chi connectivity index (χ1v) is 3.49. The van der Waals surface area contributed by atoms with Crippen LogP contribution in [0.15, 0.2) is 0 Å². The zero-order valence-corrected chi connectivity index (χ0v) is 6.09. The van der Waals surface area contributed by atoms with Crippen LogP contribution in [0.25, 0.3) is 0 Å². The van der Waals surface area contributed by atoms with Crippen LogP contribution in [0.5, 0.6) is 0 Å². The monoisotopic (exact) mass is 130 g/mol. The maximum absolute atomic E-state index is 5.36. The van der Waals surface area contributed by atoms with Gasteiger partial charge in [-0.3, -0.25) is 0 Å². The van der Waals surface area contributed by atoms with Crippen LogP contribution in [0.2, 0.25) is 0 Å². The Hall–Kier alpha value is -0.0800. The summed E-state index contributed by atoms with van der Waals surface area (Å²) in [6.45, 7) is 2.97. The van der Waals surface area contributed by atoms with E-state index in [2.05, 4.69) is 6.92 Å². The molecule has 0 spiro atoms. The summed E-state index contributed by atoms with van der Waals surface area (Å²) in [7, 11) is 1.75. The highest BCUT2D eigenvalue weighted by Gasteiger charge is 2.20. The standard InChI is InChI=1S/C7H14O2/c1-6-7(8-2)4-3-5-9-6/h6-7H,3-5H2,1-2H3/t6?,7-/m1/s1. The molecular weight excluding hydrogens is 116 g/mol. The fourth-order valence-electron chi connectivity index (χ4n) is 1.21. The molecule has 0 amide bonds. The molecule has 1 saturated heterocycles. The van der Waals surface area contributed by atoms with Crippen molar-refractivity contribution in [3.8, 4) is 0 Å². The number of hydrogen-bond acceptors (Lipinski definition) is 2. The molecule has 0 bridgehead atoms. The van der Waals surface area contributed by atoms with Crippen LogP contribution >= 0.6 is 0 Å². The maximum Gasteiger partial charge on any atom is 0.0831 e. The lowest BCUT2D eigenvalue weighted by Gasteiger charge is -2.27. The Labute approximate surface area is 56.2 Å². The van der Waals surface area contributed by atoms with Crippen molar-refractivity contribution in [3.63, 3.8) is 0 Å². The number of methoxy groups -OCH3 is 1. The minimum atomic E-state index is 0.295. The van der Waals surface area contributed by atoms with E-state index in [1.807, 2.05) is 0 Å². The lowest BCUT2D eigenvalue weighted by atomic mass is 10.1. The van der Waals surface area contributed by atoms with Crippen molar-refractivity contribution in [2.24, 2.45) is 0 Å². The molecule has 0 aromatic carbocycles. The normalized spacial score (nSPS) is 36.7. The Bertz CT molecular complexity index is 83.0. The van der Waals surface area contributed by atoms with E-state index < -0.39 is 0 Å². The third-order valence-corrected chi connectivity index (χ3v) is 1.84. The lowest BCUT2D eigenvalue weighted by molar-refractivity contribution is -0.0812. The molecule has 0 aromatic rings. The van der Waals surface area contributed by atoms with E-state index in [4.69, 9.17) is 9.47 Å². The van der Waals surface area contributed by atoms with Gasteiger partial charge < -0.3 is 9.47 Å². The first kappa shape index (κ1) is 7.03. The largest absolute Gasteiger partial charge is 0.379 e. The van der Waals surface area contributed by atoms with Crippen LogP contribution in [0.3, 0.4) is 0 Å². The maximum atomic E-state index is 5.36. The molecule has 0 saturated carbocycles. The average molecular weight is 130 g/mol. The highest BCUT2D eigenvalue weighted by molar-refractivity contribution is 4.69. The summed E-state index contributed by atoms with van der Waals surface area (Å²) in [6.07, 6.45) is 2.92. The second-order valence-electron chi connectivity index (χ2n) is 2.49. The Balaban J connectivity index is 2.30. The highest BCUT2D eigenvalue weighted by atomic mass is 16.5. The summed E-state index contributed by atoms with van der Waals surface area (Å²) in [4.78, 5) is 0. The molecule has 2 atom stereocenters. The quantitative estimate of drug-likeness (QED) is 0.531. The first-order chi connectivity index (χ1) is 4.34. The zero-order chi connectivity index (χ0) is 6.69. The van der Waals surface area contributed by atoms with Gasteiger partial charge in [-0.05, 0) is 19.8 Å². The van der Waals surface area contributed by atoms with Crippen molar-refractivity contribution < 1.29 is 9.47 Å². The number of ether oxygens (including phenoxy) is 2. The summed E-state index contributed by atoms with van der Waals surface area (Å²) in [5.74, 6) is 0. The Morgan fingerprint density at radius 2 is 2.33 bits per heavy atom. The van der Waals surface area contributed by atoms with Crippen molar-refractivity contribution in [1.82, 2.24) is 0 Å². The third kappa shape index (κ3) is 1.66. The Morgan fingerprint density at radius 1 is 1.56 bits per heavy atom. The molecule has 1 aliphatic rings. The second-order valence-corrected chi connectivity index (χ2v) is 2.49. The SMILES string of the molecule is CO[C@@H]1CCCOC1C. The molecule has 1 fully saturated rings. The predicted molar refractivity (Wildman–Crippen MR) is 35.4 cm³/mol. The van der Waals surface area contributed by atoms with E-state index in [0.717, 1.165) is 19.4 Å². The fourth-order valence-corrected chi connectivity index (χ4v) is 1.21. The molecular formula is C7H14O2. The Morgan fingerprint density at radius 3 is 2.78 bits per heavy atom. The van der Waals surface area contributed by atoms with Gasteiger partial charge in [-0.25, -0.2) is 0 Å². The molecule has 0 aromatic heterocycles. The van der Waals surface area contributed by atoms with Gasteiger partial charge in [0, 0.05) is 13.7 Å². The summed E-state index contributed by atoms with van der Waals surface area (Å²) < 4.78 is 10.5. The zero-order valence-electron chi connectivity index (χ0n) is 6.09. The highest BCUT2D eigenvalue weighted by Crippen LogP contribution is 2.15. The molecule has 2 nitrogen and oxygen atoms in total. The topological polar surface area (TPSA) is 18.5 Å². The molecule has 9 heavy (non-hydrogen) atoms. The van der Waals surface area contributed by atoms with Gasteiger partial charge in [0.1, 0.15) is 0 Å². The summed E-state index contributed by atoms with van der Waals surface area (Å²) in [5, 5.41) is 0. The van der Waals surface area contributed by atoms with Gasteiger partial charge in [-0.15, -0.1) is 0 Å². The summed E-state index contributed by atoms with van der Waals surface area (Å²) in [6, 6.07) is 0. The van der Waals surface area contributed by atoms with E-state index in [1.165, 1.54) is 0 Å². The van der Waals surface area contributed by atoms with Crippen LogP contribution < -0.4 is 0 Å². The third-order valence-electron chi connectivity index (χ3n) is 1.84. The predicted octanol–water partition coefficient (Wildman–Crippen LogP) is 1.20. The summed E-state index contributed by atoms with van der Waals surface area (Å²) in [5.41, 5.74) is 0. The summed E-state index contributed by atoms with van der Waals surface area (Å²) >= 11 is 0. The van der Waals surface area contributed by atoms with Crippen LogP contribution in [-0.2, 0) is 9.47 Å². The van der Waals surface area contributed by atoms with Gasteiger partial charge in [0.05, 0.1) is 12.2 Å². The van der Waals surface area contributed by atoms with E-state index in [0.29, 0.717) is 12.2 Å². The minimum Gasteiger partial charge on any atom is -0.379 e. The van der Waals surface area contributed by atoms with Gasteiger partial charge in [0.25, 0.3) is 0 Å². The van der Waals surface area contributed by atoms with E-state index >= 15 is 0 Å². The smallest absolute Gasteiger partial charge is 0.0831 e. The van der Waals surface area contributed by atoms with E-state index in [9.17, 15) is 0 Å². The van der Waals surface area contributed by atoms with Crippen LogP contribution in [0.1, 0.15) is 19.8 Å². The van der Waals surface area contributed by atoms with Crippen molar-refractivity contribution in [3.05, 3.63) is 0 Å².